The van der Waals surface area contributed by atoms with E-state index in [9.17, 15) is 22.8 Å². The van der Waals surface area contributed by atoms with Crippen LogP contribution in [0.2, 0.25) is 0 Å². The van der Waals surface area contributed by atoms with Crippen molar-refractivity contribution in [2.75, 3.05) is 5.75 Å². The van der Waals surface area contributed by atoms with Gasteiger partial charge in [-0.25, -0.2) is 0 Å². The summed E-state index contributed by atoms with van der Waals surface area (Å²) in [5.41, 5.74) is 1.21. The van der Waals surface area contributed by atoms with E-state index >= 15 is 0 Å². The van der Waals surface area contributed by atoms with Gasteiger partial charge in [0.15, 0.2) is 16.8 Å². The Labute approximate surface area is 209 Å². The van der Waals surface area contributed by atoms with E-state index in [1.54, 1.807) is 48.5 Å². The van der Waals surface area contributed by atoms with Crippen LogP contribution < -0.4 is 5.32 Å². The predicted octanol–water partition coefficient (Wildman–Crippen LogP) is 5.50. The van der Waals surface area contributed by atoms with E-state index in [0.29, 0.717) is 11.1 Å². The van der Waals surface area contributed by atoms with Crippen LogP contribution in [0.3, 0.4) is 0 Å². The summed E-state index contributed by atoms with van der Waals surface area (Å²) in [5.74, 6) is -0.277. The standard InChI is InChI=1S/C26H21F3N4O2S/c1-17-7-5-10-19(13-17)24(35)30-15-23-31-32-25(36-16-22(34)18-8-3-2-4-9-18)33(23)21-12-6-11-20(14-21)26(27,28)29/h2-14H,15-16H2,1H3,(H,30,35). The van der Waals surface area contributed by atoms with Crippen molar-refractivity contribution in [3.63, 3.8) is 0 Å². The number of nitrogens with zero attached hydrogens (tertiary/aromatic N) is 3. The second-order valence-corrected chi connectivity index (χ2v) is 8.85. The highest BCUT2D eigenvalue weighted by Crippen LogP contribution is 2.32. The van der Waals surface area contributed by atoms with Gasteiger partial charge in [-0.05, 0) is 37.3 Å². The average Bonchev–Trinajstić information content (AvgIpc) is 3.28. The van der Waals surface area contributed by atoms with Crippen molar-refractivity contribution in [2.45, 2.75) is 24.8 Å². The predicted molar refractivity (Wildman–Crippen MR) is 130 cm³/mol. The zero-order valence-electron chi connectivity index (χ0n) is 19.1. The van der Waals surface area contributed by atoms with Crippen molar-refractivity contribution in [3.8, 4) is 5.69 Å². The lowest BCUT2D eigenvalue weighted by Gasteiger charge is -2.13. The lowest BCUT2D eigenvalue weighted by atomic mass is 10.1. The van der Waals surface area contributed by atoms with E-state index in [2.05, 4.69) is 15.5 Å². The highest BCUT2D eigenvalue weighted by atomic mass is 32.2. The third-order valence-electron chi connectivity index (χ3n) is 5.25. The fourth-order valence-electron chi connectivity index (χ4n) is 3.47. The fraction of sp³-hybridized carbons (Fsp3) is 0.154. The molecule has 3 aromatic carbocycles. The smallest absolute Gasteiger partial charge is 0.345 e. The van der Waals surface area contributed by atoms with Crippen LogP contribution >= 0.6 is 11.8 Å². The number of aryl methyl sites for hydroxylation is 1. The molecule has 0 fully saturated rings. The topological polar surface area (TPSA) is 76.9 Å². The van der Waals surface area contributed by atoms with Gasteiger partial charge in [-0.2, -0.15) is 13.2 Å². The zero-order chi connectivity index (χ0) is 25.7. The summed E-state index contributed by atoms with van der Waals surface area (Å²) >= 11 is 1.06. The number of nitrogens with one attached hydrogen (secondary N) is 1. The highest BCUT2D eigenvalue weighted by molar-refractivity contribution is 7.99. The number of alkyl halides is 3. The maximum atomic E-state index is 13.4. The van der Waals surface area contributed by atoms with Crippen LogP contribution in [0.1, 0.15) is 37.7 Å². The Kier molecular flexibility index (Phi) is 7.54. The summed E-state index contributed by atoms with van der Waals surface area (Å²) in [4.78, 5) is 25.2. The number of carbonyl (C=O) groups is 2. The molecular formula is C26H21F3N4O2S. The van der Waals surface area contributed by atoms with Crippen LogP contribution in [0.4, 0.5) is 13.2 Å². The summed E-state index contributed by atoms with van der Waals surface area (Å²) < 4.78 is 41.6. The van der Waals surface area contributed by atoms with E-state index in [4.69, 9.17) is 0 Å². The first kappa shape index (κ1) is 25.2. The van der Waals surface area contributed by atoms with E-state index in [0.717, 1.165) is 29.5 Å². The molecule has 6 nitrogen and oxygen atoms in total. The van der Waals surface area contributed by atoms with Crippen molar-refractivity contribution >= 4 is 23.5 Å². The molecule has 0 radical (unpaired) electrons. The summed E-state index contributed by atoms with van der Waals surface area (Å²) in [6.45, 7) is 1.78. The molecule has 4 aromatic rings. The minimum atomic E-state index is -4.54. The van der Waals surface area contributed by atoms with E-state index in [-0.39, 0.29) is 40.7 Å². The number of rotatable bonds is 8. The van der Waals surface area contributed by atoms with Crippen LogP contribution in [0.15, 0.2) is 84.0 Å². The normalized spacial score (nSPS) is 11.3. The molecule has 36 heavy (non-hydrogen) atoms. The van der Waals surface area contributed by atoms with Gasteiger partial charge >= 0.3 is 6.18 Å². The number of amides is 1. The second-order valence-electron chi connectivity index (χ2n) is 7.91. The number of benzene rings is 3. The van der Waals surface area contributed by atoms with E-state index < -0.39 is 11.7 Å². The molecule has 1 aromatic heterocycles. The quantitative estimate of drug-likeness (QED) is 0.250. The largest absolute Gasteiger partial charge is 0.416 e. The monoisotopic (exact) mass is 510 g/mol. The first-order chi connectivity index (χ1) is 17.2. The number of Topliss-reactive ketones (excluding diaryl/α,β-unsaturated/α-hetero) is 1. The van der Waals surface area contributed by atoms with E-state index in [1.165, 1.54) is 16.7 Å². The van der Waals surface area contributed by atoms with Crippen molar-refractivity contribution in [2.24, 2.45) is 0 Å². The van der Waals surface area contributed by atoms with Crippen LogP contribution in [0, 0.1) is 6.92 Å². The van der Waals surface area contributed by atoms with Gasteiger partial charge in [0.2, 0.25) is 0 Å². The molecule has 0 spiro atoms. The van der Waals surface area contributed by atoms with Gasteiger partial charge in [-0.15, -0.1) is 10.2 Å². The molecular weight excluding hydrogens is 489 g/mol. The first-order valence-electron chi connectivity index (χ1n) is 10.9. The van der Waals surface area contributed by atoms with Gasteiger partial charge in [-0.3, -0.25) is 14.2 Å². The summed E-state index contributed by atoms with van der Waals surface area (Å²) in [7, 11) is 0. The molecule has 1 N–H and O–H groups in total. The molecule has 0 atom stereocenters. The molecule has 0 aliphatic rings. The summed E-state index contributed by atoms with van der Waals surface area (Å²) in [6, 6.07) is 20.4. The maximum absolute atomic E-state index is 13.4. The minimum Gasteiger partial charge on any atom is -0.345 e. The third-order valence-corrected chi connectivity index (χ3v) is 6.18. The number of halogens is 3. The Bertz CT molecular complexity index is 1390. The Morgan fingerprint density at radius 3 is 2.36 bits per heavy atom. The number of hydrogen-bond donors (Lipinski definition) is 1. The summed E-state index contributed by atoms with van der Waals surface area (Å²) in [6.07, 6.45) is -4.54. The van der Waals surface area contributed by atoms with Crippen molar-refractivity contribution < 1.29 is 22.8 Å². The Morgan fingerprint density at radius 1 is 0.917 bits per heavy atom. The SMILES string of the molecule is Cc1cccc(C(=O)NCc2nnc(SCC(=O)c3ccccc3)n2-c2cccc(C(F)(F)F)c2)c1. The number of hydrogen-bond acceptors (Lipinski definition) is 5. The van der Waals surface area contributed by atoms with Gasteiger partial charge < -0.3 is 5.32 Å². The van der Waals surface area contributed by atoms with Crippen LogP contribution in [-0.2, 0) is 12.7 Å². The molecule has 0 aliphatic carbocycles. The Balaban J connectivity index is 1.62. The molecule has 4 rings (SSSR count). The molecule has 0 unspecified atom stereocenters. The number of carbonyl (C=O) groups excluding carboxylic acids is 2. The lowest BCUT2D eigenvalue weighted by molar-refractivity contribution is -0.137. The maximum Gasteiger partial charge on any atom is 0.416 e. The lowest BCUT2D eigenvalue weighted by Crippen LogP contribution is -2.24. The molecule has 1 amide bonds. The third kappa shape index (κ3) is 6.01. The van der Waals surface area contributed by atoms with Gasteiger partial charge in [0.25, 0.3) is 5.91 Å². The van der Waals surface area contributed by atoms with Crippen LogP contribution in [0.25, 0.3) is 5.69 Å². The molecule has 0 bridgehead atoms. The van der Waals surface area contributed by atoms with Crippen molar-refractivity contribution in [1.29, 1.82) is 0 Å². The van der Waals surface area contributed by atoms with Gasteiger partial charge in [-0.1, -0.05) is 65.9 Å². The Hall–Kier alpha value is -3.92. The number of aromatic nitrogens is 3. The molecule has 10 heteroatoms. The highest BCUT2D eigenvalue weighted by Gasteiger charge is 2.31. The number of ketones is 1. The molecule has 0 saturated carbocycles. The van der Waals surface area contributed by atoms with Gasteiger partial charge in [0.1, 0.15) is 0 Å². The number of thioether (sulfide) groups is 1. The van der Waals surface area contributed by atoms with Gasteiger partial charge in [0, 0.05) is 11.1 Å². The first-order valence-corrected chi connectivity index (χ1v) is 11.9. The summed E-state index contributed by atoms with van der Waals surface area (Å²) in [5, 5.41) is 11.2. The fourth-order valence-corrected chi connectivity index (χ4v) is 4.34. The Morgan fingerprint density at radius 2 is 1.64 bits per heavy atom. The van der Waals surface area contributed by atoms with Gasteiger partial charge in [0.05, 0.1) is 23.5 Å². The van der Waals surface area contributed by atoms with Crippen LogP contribution in [0.5, 0.6) is 0 Å². The molecule has 0 aliphatic heterocycles. The van der Waals surface area contributed by atoms with Crippen LogP contribution in [-0.4, -0.2) is 32.2 Å². The minimum absolute atomic E-state index is 0.0107. The van der Waals surface area contributed by atoms with Crippen molar-refractivity contribution in [3.05, 3.63) is 107 Å². The molecule has 0 saturated heterocycles. The van der Waals surface area contributed by atoms with E-state index in [1.807, 2.05) is 13.0 Å². The average molecular weight is 511 g/mol. The molecule has 1 heterocycles. The molecule has 184 valence electrons. The van der Waals surface area contributed by atoms with Crippen molar-refractivity contribution in [1.82, 2.24) is 20.1 Å². The second kappa shape index (κ2) is 10.8. The zero-order valence-corrected chi connectivity index (χ0v) is 19.9.